The number of carboxylic acids is 1. The number of carbonyl (C=O) groups excluding carboxylic acids is 2. The first-order valence-electron chi connectivity index (χ1n) is 10.0. The molecule has 0 aliphatic carbocycles. The fourth-order valence-corrected chi connectivity index (χ4v) is 8.31. The number of benzene rings is 1. The average Bonchev–Trinajstić information content (AvgIpc) is 3.45. The van der Waals surface area contributed by atoms with Crippen molar-refractivity contribution in [3.05, 3.63) is 30.1 Å². The predicted octanol–water partition coefficient (Wildman–Crippen LogP) is 1.10. The Morgan fingerprint density at radius 1 is 1.37 bits per heavy atom. The summed E-state index contributed by atoms with van der Waals surface area (Å²) in [5.74, 6) is -1.87. The zero-order valence-corrected chi connectivity index (χ0v) is 21.2. The second-order valence-corrected chi connectivity index (χ2v) is 12.1. The van der Waals surface area contributed by atoms with E-state index in [4.69, 9.17) is 10.6 Å². The number of nitrogens with one attached hydrogen (secondary N) is 1. The van der Waals surface area contributed by atoms with Gasteiger partial charge in [0.25, 0.3) is 5.91 Å². The normalized spacial score (nSPS) is 24.1. The first-order valence-corrected chi connectivity index (χ1v) is 13.5. The Kier molecular flexibility index (Phi) is 6.29. The molecular formula is C19H17N7O5S4. The molecule has 182 valence electrons. The van der Waals surface area contributed by atoms with E-state index >= 15 is 0 Å². The Morgan fingerprint density at radius 3 is 2.86 bits per heavy atom. The molecule has 2 aromatic heterocycles. The molecule has 4 N–H and O–H groups in total. The van der Waals surface area contributed by atoms with Crippen LogP contribution in [-0.2, 0) is 19.2 Å². The first kappa shape index (κ1) is 23.8. The van der Waals surface area contributed by atoms with Crippen LogP contribution in [0.2, 0.25) is 0 Å². The van der Waals surface area contributed by atoms with Crippen LogP contribution in [-0.4, -0.2) is 83.4 Å². The number of para-hydroxylation sites is 1. The van der Waals surface area contributed by atoms with Gasteiger partial charge in [-0.1, -0.05) is 29.1 Å². The highest BCUT2D eigenvalue weighted by Crippen LogP contribution is 2.47. The summed E-state index contributed by atoms with van der Waals surface area (Å²) in [7, 11) is 1.27. The first-order chi connectivity index (χ1) is 16.8. The van der Waals surface area contributed by atoms with Crippen LogP contribution in [0.1, 0.15) is 5.82 Å². The van der Waals surface area contributed by atoms with Crippen LogP contribution in [0, 0.1) is 0 Å². The Hall–Kier alpha value is -2.95. The Morgan fingerprint density at radius 2 is 2.17 bits per heavy atom. The summed E-state index contributed by atoms with van der Waals surface area (Å²) in [6, 6.07) is 6.74. The van der Waals surface area contributed by atoms with Crippen molar-refractivity contribution in [2.45, 2.75) is 20.5 Å². The van der Waals surface area contributed by atoms with Gasteiger partial charge in [-0.25, -0.2) is 4.98 Å². The van der Waals surface area contributed by atoms with E-state index in [0.29, 0.717) is 4.34 Å². The zero-order valence-electron chi connectivity index (χ0n) is 17.9. The lowest BCUT2D eigenvalue weighted by Gasteiger charge is -2.53. The van der Waals surface area contributed by atoms with Crippen molar-refractivity contribution >= 4 is 85.2 Å². The van der Waals surface area contributed by atoms with Crippen molar-refractivity contribution in [1.29, 1.82) is 0 Å². The lowest BCUT2D eigenvalue weighted by atomic mass is 10.0. The molecule has 3 atom stereocenters. The number of carboxylic acid groups (broad SMARTS) is 1. The quantitative estimate of drug-likeness (QED) is 0.218. The van der Waals surface area contributed by atoms with Crippen LogP contribution < -0.4 is 11.1 Å². The van der Waals surface area contributed by atoms with E-state index in [9.17, 15) is 19.5 Å². The second kappa shape index (κ2) is 9.25. The maximum atomic E-state index is 12.9. The molecule has 0 spiro atoms. The highest BCUT2D eigenvalue weighted by atomic mass is 32.2. The number of nitrogens with zero attached hydrogens (tertiary/aromatic N) is 5. The molecule has 0 radical (unpaired) electrons. The summed E-state index contributed by atoms with van der Waals surface area (Å²) < 4.78 is 4.29. The van der Waals surface area contributed by atoms with Gasteiger partial charge in [-0.2, -0.15) is 9.36 Å². The largest absolute Gasteiger partial charge is 0.480 e. The minimum absolute atomic E-state index is 0.00497. The maximum Gasteiger partial charge on any atom is 0.322 e. The Bertz CT molecular complexity index is 1330. The van der Waals surface area contributed by atoms with Crippen LogP contribution >= 0.6 is 46.4 Å². The van der Waals surface area contributed by atoms with Crippen LogP contribution in [0.25, 0.3) is 10.2 Å². The van der Waals surface area contributed by atoms with Crippen molar-refractivity contribution in [1.82, 2.24) is 24.6 Å². The van der Waals surface area contributed by atoms with Crippen LogP contribution in [0.4, 0.5) is 5.13 Å². The molecule has 35 heavy (non-hydrogen) atoms. The number of thioether (sulfide) groups is 2. The summed E-state index contributed by atoms with van der Waals surface area (Å²) >= 11 is 4.77. The number of hydrogen-bond acceptors (Lipinski definition) is 13. The number of β-lactam (4-membered cyclic amide) rings is 1. The molecule has 2 aliphatic heterocycles. The van der Waals surface area contributed by atoms with Gasteiger partial charge in [0.15, 0.2) is 9.47 Å². The number of fused-ring (bicyclic) bond motifs is 2. The van der Waals surface area contributed by atoms with Gasteiger partial charge in [0.05, 0.1) is 10.2 Å². The maximum absolute atomic E-state index is 12.9. The second-order valence-electron chi connectivity index (χ2n) is 7.55. The van der Waals surface area contributed by atoms with Crippen molar-refractivity contribution in [3.63, 3.8) is 0 Å². The summed E-state index contributed by atoms with van der Waals surface area (Å²) in [6.45, 7) is -0.00497. The van der Waals surface area contributed by atoms with Crippen LogP contribution in [0.5, 0.6) is 0 Å². The molecular weight excluding hydrogens is 535 g/mol. The topological polar surface area (TPSA) is 173 Å². The van der Waals surface area contributed by atoms with E-state index in [0.717, 1.165) is 33.5 Å². The molecule has 2 unspecified atom stereocenters. The number of aromatic nitrogens is 3. The number of hydrogen-bond donors (Lipinski definition) is 3. The van der Waals surface area contributed by atoms with Crippen molar-refractivity contribution in [2.24, 2.45) is 5.16 Å². The molecule has 2 saturated heterocycles. The fraction of sp³-hybridized carbons (Fsp3) is 0.316. The Labute approximate surface area is 214 Å². The standard InChI is InChI=1S/C19H17N7O5S4/c1-31-24-10(12-23-17(20)35-25-12)13(27)22-11-14(28)26-6-19(16(29)30,7-32-15(11)26)34-18-21-8-4-2-3-5-9(8)33-18/h2-5,11,15H,6-7H2,1H3,(H,22,27)(H,29,30)(H2,20,23,25)/t11?,15-,19?/m1/s1. The third kappa shape index (κ3) is 4.30. The number of thiazole rings is 1. The van der Waals surface area contributed by atoms with E-state index < -0.39 is 28.0 Å². The molecule has 0 bridgehead atoms. The molecule has 3 aromatic rings. The van der Waals surface area contributed by atoms with Gasteiger partial charge in [0, 0.05) is 23.8 Å². The third-order valence-electron chi connectivity index (χ3n) is 5.34. The molecule has 16 heteroatoms. The van der Waals surface area contributed by atoms with Crippen LogP contribution in [0.3, 0.4) is 0 Å². The lowest BCUT2D eigenvalue weighted by Crippen LogP contribution is -2.74. The number of oxime groups is 1. The number of nitrogens with two attached hydrogens (primary N) is 1. The summed E-state index contributed by atoms with van der Waals surface area (Å²) in [6.07, 6.45) is 0. The molecule has 2 fully saturated rings. The number of nitrogen functional groups attached to an aromatic ring is 1. The highest BCUT2D eigenvalue weighted by Gasteiger charge is 2.58. The molecule has 2 amide bonds. The minimum atomic E-state index is -1.26. The Balaban J connectivity index is 1.30. The number of amides is 2. The van der Waals surface area contributed by atoms with Gasteiger partial charge < -0.3 is 25.9 Å². The van der Waals surface area contributed by atoms with Gasteiger partial charge in [-0.3, -0.25) is 14.4 Å². The van der Waals surface area contributed by atoms with Gasteiger partial charge in [-0.15, -0.1) is 23.1 Å². The van der Waals surface area contributed by atoms with Crippen molar-refractivity contribution in [2.75, 3.05) is 25.1 Å². The molecule has 5 rings (SSSR count). The fourth-order valence-electron chi connectivity index (χ4n) is 3.66. The van der Waals surface area contributed by atoms with Gasteiger partial charge in [0.2, 0.25) is 17.4 Å². The van der Waals surface area contributed by atoms with E-state index in [1.807, 2.05) is 24.3 Å². The van der Waals surface area contributed by atoms with Gasteiger partial charge >= 0.3 is 5.97 Å². The minimum Gasteiger partial charge on any atom is -0.480 e. The van der Waals surface area contributed by atoms with Gasteiger partial charge in [-0.05, 0) is 12.1 Å². The molecule has 4 heterocycles. The van der Waals surface area contributed by atoms with Crippen molar-refractivity contribution < 1.29 is 24.3 Å². The predicted molar refractivity (Wildman–Crippen MR) is 134 cm³/mol. The number of aliphatic carboxylic acids is 1. The monoisotopic (exact) mass is 551 g/mol. The van der Waals surface area contributed by atoms with E-state index in [-0.39, 0.29) is 34.9 Å². The molecule has 0 saturated carbocycles. The number of rotatable bonds is 7. The summed E-state index contributed by atoms with van der Waals surface area (Å²) in [5, 5.41) is 16.1. The van der Waals surface area contributed by atoms with E-state index in [2.05, 4.69) is 24.8 Å². The summed E-state index contributed by atoms with van der Waals surface area (Å²) in [4.78, 5) is 52.7. The van der Waals surface area contributed by atoms with Crippen LogP contribution in [0.15, 0.2) is 33.8 Å². The highest BCUT2D eigenvalue weighted by molar-refractivity contribution is 8.06. The summed E-state index contributed by atoms with van der Waals surface area (Å²) in [5.41, 5.74) is 6.18. The molecule has 12 nitrogen and oxygen atoms in total. The third-order valence-corrected chi connectivity index (χ3v) is 10.0. The van der Waals surface area contributed by atoms with E-state index in [1.54, 1.807) is 0 Å². The number of carbonyl (C=O) groups is 3. The van der Waals surface area contributed by atoms with Gasteiger partial charge in [0.1, 0.15) is 23.3 Å². The average molecular weight is 552 g/mol. The number of anilines is 1. The van der Waals surface area contributed by atoms with Crippen molar-refractivity contribution in [3.8, 4) is 0 Å². The SMILES string of the molecule is CON=C(C(=O)NC1C(=O)N2CC(Sc3nc4ccccc4s3)(C(=O)O)CS[C@H]12)c1nsc(N)n1. The lowest BCUT2D eigenvalue weighted by molar-refractivity contribution is -0.151. The molecule has 1 aromatic carbocycles. The van der Waals surface area contributed by atoms with E-state index in [1.165, 1.54) is 35.1 Å². The molecule has 2 aliphatic rings. The smallest absolute Gasteiger partial charge is 0.322 e. The zero-order chi connectivity index (χ0) is 24.7.